The summed E-state index contributed by atoms with van der Waals surface area (Å²) in [5.41, 5.74) is 2.19. The Hall–Kier alpha value is -2.30. The highest BCUT2D eigenvalue weighted by atomic mass is 16.5. The molecule has 1 aliphatic heterocycles. The van der Waals surface area contributed by atoms with Gasteiger partial charge in [0.2, 0.25) is 0 Å². The lowest BCUT2D eigenvalue weighted by Crippen LogP contribution is -2.48. The molecule has 1 heterocycles. The number of nitrogens with one attached hydrogen (secondary N) is 1. The molecule has 3 rings (SSSR count). The third-order valence-corrected chi connectivity index (χ3v) is 4.40. The molecular weight excluding hydrogens is 294 g/mol. The van der Waals surface area contributed by atoms with E-state index in [2.05, 4.69) is 5.32 Å². The van der Waals surface area contributed by atoms with Crippen LogP contribution in [0.1, 0.15) is 42.1 Å². The SMILES string of the molecule is CC(C)COC(=O)c1ccc2c(c1)[C@H]1C=CC[C@@H]1[C@@H](C(=O)[O-])N2. The molecule has 0 aromatic heterocycles. The van der Waals surface area contributed by atoms with Crippen molar-refractivity contribution in [1.29, 1.82) is 0 Å². The van der Waals surface area contributed by atoms with Crippen molar-refractivity contribution in [2.45, 2.75) is 32.2 Å². The van der Waals surface area contributed by atoms with Gasteiger partial charge < -0.3 is 20.0 Å². The van der Waals surface area contributed by atoms with Crippen molar-refractivity contribution in [3.05, 3.63) is 41.5 Å². The van der Waals surface area contributed by atoms with Crippen molar-refractivity contribution in [3.8, 4) is 0 Å². The minimum Gasteiger partial charge on any atom is -0.548 e. The summed E-state index contributed by atoms with van der Waals surface area (Å²) in [6.45, 7) is 4.35. The Morgan fingerprint density at radius 1 is 1.39 bits per heavy atom. The first kappa shape index (κ1) is 15.6. The predicted octanol–water partition coefficient (Wildman–Crippen LogP) is 1.70. The molecule has 0 bridgehead atoms. The molecule has 5 heteroatoms. The Balaban J connectivity index is 1.88. The van der Waals surface area contributed by atoms with Gasteiger partial charge in [0.15, 0.2) is 0 Å². The van der Waals surface area contributed by atoms with Gasteiger partial charge in [-0.2, -0.15) is 0 Å². The number of benzene rings is 1. The molecule has 122 valence electrons. The maximum atomic E-state index is 12.1. The zero-order chi connectivity index (χ0) is 16.6. The number of carboxylic acids is 1. The lowest BCUT2D eigenvalue weighted by Gasteiger charge is -2.37. The van der Waals surface area contributed by atoms with E-state index in [0.717, 1.165) is 11.3 Å². The van der Waals surface area contributed by atoms with Crippen molar-refractivity contribution in [2.24, 2.45) is 11.8 Å². The highest BCUT2D eigenvalue weighted by molar-refractivity contribution is 5.91. The number of carbonyl (C=O) groups excluding carboxylic acids is 2. The number of allylic oxidation sites excluding steroid dienone is 2. The second-order valence-electron chi connectivity index (χ2n) is 6.59. The molecule has 1 aromatic carbocycles. The molecule has 0 saturated carbocycles. The predicted molar refractivity (Wildman–Crippen MR) is 84.0 cm³/mol. The van der Waals surface area contributed by atoms with Gasteiger partial charge in [-0.25, -0.2) is 4.79 Å². The summed E-state index contributed by atoms with van der Waals surface area (Å²) >= 11 is 0. The van der Waals surface area contributed by atoms with Gasteiger partial charge in [-0.05, 0) is 42.0 Å². The standard InChI is InChI=1S/C18H21NO4/c1-10(2)9-23-18(22)11-6-7-15-14(8-11)12-4-3-5-13(12)16(19-15)17(20)21/h3-4,6-8,10,12-13,16,19H,5,9H2,1-2H3,(H,20,21)/p-1/t12-,13-,16-/m0/s1. The van der Waals surface area contributed by atoms with E-state index >= 15 is 0 Å². The van der Waals surface area contributed by atoms with E-state index in [-0.39, 0.29) is 23.7 Å². The van der Waals surface area contributed by atoms with Crippen LogP contribution in [0.4, 0.5) is 5.69 Å². The summed E-state index contributed by atoms with van der Waals surface area (Å²) < 4.78 is 5.27. The molecule has 0 unspecified atom stereocenters. The molecule has 1 aromatic rings. The molecule has 2 aliphatic rings. The Bertz CT molecular complexity index is 665. The maximum Gasteiger partial charge on any atom is 0.338 e. The largest absolute Gasteiger partial charge is 0.548 e. The number of fused-ring (bicyclic) bond motifs is 3. The summed E-state index contributed by atoms with van der Waals surface area (Å²) in [6.07, 6.45) is 4.70. The van der Waals surface area contributed by atoms with E-state index in [9.17, 15) is 14.7 Å². The first-order valence-corrected chi connectivity index (χ1v) is 7.92. The molecule has 0 fully saturated rings. The highest BCUT2D eigenvalue weighted by Gasteiger charge is 2.38. The monoisotopic (exact) mass is 314 g/mol. The maximum absolute atomic E-state index is 12.1. The van der Waals surface area contributed by atoms with Crippen LogP contribution in [0, 0.1) is 11.8 Å². The second kappa shape index (κ2) is 6.07. The Labute approximate surface area is 135 Å². The van der Waals surface area contributed by atoms with Gasteiger partial charge in [-0.15, -0.1) is 0 Å². The number of hydrogen-bond acceptors (Lipinski definition) is 5. The van der Waals surface area contributed by atoms with Crippen LogP contribution in [-0.2, 0) is 9.53 Å². The first-order valence-electron chi connectivity index (χ1n) is 7.92. The van der Waals surface area contributed by atoms with E-state index < -0.39 is 12.0 Å². The van der Waals surface area contributed by atoms with Crippen molar-refractivity contribution in [3.63, 3.8) is 0 Å². The van der Waals surface area contributed by atoms with Crippen LogP contribution in [0.25, 0.3) is 0 Å². The van der Waals surface area contributed by atoms with Crippen molar-refractivity contribution < 1.29 is 19.4 Å². The molecule has 0 spiro atoms. The minimum atomic E-state index is -1.09. The van der Waals surface area contributed by atoms with Gasteiger partial charge >= 0.3 is 5.97 Å². The first-order chi connectivity index (χ1) is 11.0. The molecule has 1 N–H and O–H groups in total. The van der Waals surface area contributed by atoms with Crippen LogP contribution in [0.5, 0.6) is 0 Å². The number of ether oxygens (including phenoxy) is 1. The van der Waals surface area contributed by atoms with Crippen LogP contribution in [0.2, 0.25) is 0 Å². The van der Waals surface area contributed by atoms with Crippen LogP contribution in [0.3, 0.4) is 0 Å². The second-order valence-corrected chi connectivity index (χ2v) is 6.59. The average Bonchev–Trinajstić information content (AvgIpc) is 3.00. The average molecular weight is 314 g/mol. The number of aliphatic carboxylic acids is 1. The fourth-order valence-electron chi connectivity index (χ4n) is 3.28. The number of esters is 1. The normalized spacial score (nSPS) is 24.7. The van der Waals surface area contributed by atoms with Gasteiger partial charge in [0, 0.05) is 11.6 Å². The van der Waals surface area contributed by atoms with Crippen LogP contribution < -0.4 is 10.4 Å². The smallest absolute Gasteiger partial charge is 0.338 e. The fraction of sp³-hybridized carbons (Fsp3) is 0.444. The Morgan fingerprint density at radius 3 is 2.87 bits per heavy atom. The third-order valence-electron chi connectivity index (χ3n) is 4.40. The summed E-state index contributed by atoms with van der Waals surface area (Å²) in [7, 11) is 0. The molecule has 5 nitrogen and oxygen atoms in total. The molecule has 0 saturated heterocycles. The number of rotatable bonds is 4. The summed E-state index contributed by atoms with van der Waals surface area (Å²) in [4.78, 5) is 23.5. The number of anilines is 1. The van der Waals surface area contributed by atoms with E-state index in [1.54, 1.807) is 12.1 Å². The topological polar surface area (TPSA) is 78.5 Å². The van der Waals surface area contributed by atoms with Gasteiger partial charge in [0.25, 0.3) is 0 Å². The van der Waals surface area contributed by atoms with Gasteiger partial charge in [-0.1, -0.05) is 26.0 Å². The number of carboxylic acid groups (broad SMARTS) is 1. The lowest BCUT2D eigenvalue weighted by atomic mass is 9.79. The Kier molecular flexibility index (Phi) is 4.11. The Morgan fingerprint density at radius 2 is 2.17 bits per heavy atom. The van der Waals surface area contributed by atoms with E-state index in [0.29, 0.717) is 18.6 Å². The van der Waals surface area contributed by atoms with Crippen LogP contribution in [0.15, 0.2) is 30.4 Å². The number of hydrogen-bond donors (Lipinski definition) is 1. The molecule has 0 radical (unpaired) electrons. The summed E-state index contributed by atoms with van der Waals surface area (Å²) in [6, 6.07) is 4.52. The van der Waals surface area contributed by atoms with Crippen molar-refractivity contribution in [2.75, 3.05) is 11.9 Å². The van der Waals surface area contributed by atoms with Gasteiger partial charge in [0.05, 0.1) is 24.2 Å². The van der Waals surface area contributed by atoms with E-state index in [1.807, 2.05) is 32.1 Å². The summed E-state index contributed by atoms with van der Waals surface area (Å²) in [5.74, 6) is -1.23. The molecule has 0 amide bonds. The third kappa shape index (κ3) is 2.96. The zero-order valence-electron chi connectivity index (χ0n) is 13.2. The quantitative estimate of drug-likeness (QED) is 0.676. The highest BCUT2D eigenvalue weighted by Crippen LogP contribution is 2.44. The lowest BCUT2D eigenvalue weighted by molar-refractivity contribution is -0.308. The summed E-state index contributed by atoms with van der Waals surface area (Å²) in [5, 5.41) is 14.4. The van der Waals surface area contributed by atoms with Crippen LogP contribution >= 0.6 is 0 Å². The molecular formula is C18H20NO4-. The number of carbonyl (C=O) groups is 2. The van der Waals surface area contributed by atoms with Gasteiger partial charge in [0.1, 0.15) is 0 Å². The minimum absolute atomic E-state index is 0.00741. The van der Waals surface area contributed by atoms with Crippen LogP contribution in [-0.4, -0.2) is 24.6 Å². The van der Waals surface area contributed by atoms with Crippen molar-refractivity contribution in [1.82, 2.24) is 0 Å². The van der Waals surface area contributed by atoms with Crippen molar-refractivity contribution >= 4 is 17.6 Å². The molecule has 23 heavy (non-hydrogen) atoms. The van der Waals surface area contributed by atoms with E-state index in [4.69, 9.17) is 4.74 Å². The fourth-order valence-corrected chi connectivity index (χ4v) is 3.28. The molecule has 1 aliphatic carbocycles. The van der Waals surface area contributed by atoms with E-state index in [1.165, 1.54) is 0 Å². The zero-order valence-corrected chi connectivity index (χ0v) is 13.2. The molecule has 3 atom stereocenters. The van der Waals surface area contributed by atoms with Gasteiger partial charge in [-0.3, -0.25) is 0 Å².